The molecule has 5 nitrogen and oxygen atoms in total. The van der Waals surface area contributed by atoms with Gasteiger partial charge in [0.2, 0.25) is 5.91 Å². The molecule has 0 saturated carbocycles. The largest absolute Gasteiger partial charge is 0.494 e. The van der Waals surface area contributed by atoms with Crippen LogP contribution in [-0.4, -0.2) is 31.5 Å². The monoisotopic (exact) mass is 366 g/mol. The van der Waals surface area contributed by atoms with Gasteiger partial charge in [-0.05, 0) is 68.1 Å². The number of carbonyl (C=O) groups is 2. The zero-order valence-corrected chi connectivity index (χ0v) is 15.7. The molecule has 1 aliphatic rings. The van der Waals surface area contributed by atoms with Crippen LogP contribution in [0.15, 0.2) is 48.5 Å². The van der Waals surface area contributed by atoms with Gasteiger partial charge in [-0.1, -0.05) is 12.1 Å². The second kappa shape index (κ2) is 9.21. The summed E-state index contributed by atoms with van der Waals surface area (Å²) in [6.45, 7) is 4.02. The van der Waals surface area contributed by atoms with Crippen LogP contribution in [0.25, 0.3) is 0 Å². The van der Waals surface area contributed by atoms with Gasteiger partial charge in [0.25, 0.3) is 5.91 Å². The Morgan fingerprint density at radius 1 is 1.11 bits per heavy atom. The maximum absolute atomic E-state index is 12.3. The molecule has 0 aromatic heterocycles. The normalized spacial score (nSPS) is 13.7. The van der Waals surface area contributed by atoms with E-state index in [-0.39, 0.29) is 11.8 Å². The summed E-state index contributed by atoms with van der Waals surface area (Å²) in [7, 11) is 0. The Morgan fingerprint density at radius 3 is 2.48 bits per heavy atom. The van der Waals surface area contributed by atoms with E-state index in [1.54, 1.807) is 17.0 Å². The molecule has 0 atom stereocenters. The smallest absolute Gasteiger partial charge is 0.251 e. The zero-order chi connectivity index (χ0) is 19.1. The summed E-state index contributed by atoms with van der Waals surface area (Å²) in [6.07, 6.45) is 3.29. The number of ether oxygens (including phenoxy) is 1. The number of rotatable bonds is 8. The number of anilines is 1. The van der Waals surface area contributed by atoms with Gasteiger partial charge >= 0.3 is 0 Å². The first-order valence-corrected chi connectivity index (χ1v) is 9.57. The number of carbonyl (C=O) groups excluding carboxylic acids is 2. The number of nitrogens with one attached hydrogen (secondary N) is 1. The molecule has 1 fully saturated rings. The third kappa shape index (κ3) is 5.09. The molecular formula is C22H26N2O3. The Balaban J connectivity index is 1.43. The highest BCUT2D eigenvalue weighted by Crippen LogP contribution is 2.21. The fourth-order valence-electron chi connectivity index (χ4n) is 3.23. The van der Waals surface area contributed by atoms with E-state index in [0.29, 0.717) is 25.1 Å². The molecule has 1 aliphatic heterocycles. The van der Waals surface area contributed by atoms with E-state index in [0.717, 1.165) is 37.2 Å². The van der Waals surface area contributed by atoms with Gasteiger partial charge in [0, 0.05) is 30.8 Å². The van der Waals surface area contributed by atoms with E-state index in [1.165, 1.54) is 5.56 Å². The summed E-state index contributed by atoms with van der Waals surface area (Å²) in [5, 5.41) is 2.95. The minimum atomic E-state index is -0.0824. The number of hydrogen-bond donors (Lipinski definition) is 1. The Bertz CT molecular complexity index is 769. The molecule has 2 aromatic rings. The van der Waals surface area contributed by atoms with Gasteiger partial charge in [-0.15, -0.1) is 0 Å². The summed E-state index contributed by atoms with van der Waals surface area (Å²) in [5.74, 6) is 0.955. The van der Waals surface area contributed by atoms with E-state index in [1.807, 2.05) is 31.2 Å². The first-order chi connectivity index (χ1) is 13.2. The molecule has 1 saturated heterocycles. The van der Waals surface area contributed by atoms with Crippen LogP contribution in [0, 0.1) is 0 Å². The van der Waals surface area contributed by atoms with Crippen molar-refractivity contribution in [2.24, 2.45) is 0 Å². The third-order valence-corrected chi connectivity index (χ3v) is 4.68. The van der Waals surface area contributed by atoms with Gasteiger partial charge in [0.05, 0.1) is 6.61 Å². The maximum atomic E-state index is 12.3. The van der Waals surface area contributed by atoms with Gasteiger partial charge < -0.3 is 15.0 Å². The lowest BCUT2D eigenvalue weighted by Crippen LogP contribution is -2.25. The van der Waals surface area contributed by atoms with Crippen molar-refractivity contribution in [3.63, 3.8) is 0 Å². The minimum Gasteiger partial charge on any atom is -0.494 e. The molecule has 0 spiro atoms. The van der Waals surface area contributed by atoms with Crippen molar-refractivity contribution in [1.82, 2.24) is 5.32 Å². The molecule has 0 unspecified atom stereocenters. The minimum absolute atomic E-state index is 0.0824. The molecule has 5 heteroatoms. The molecule has 1 N–H and O–H groups in total. The lowest BCUT2D eigenvalue weighted by Gasteiger charge is -2.15. The molecule has 2 amide bonds. The van der Waals surface area contributed by atoms with Crippen molar-refractivity contribution in [2.75, 3.05) is 24.6 Å². The Morgan fingerprint density at radius 2 is 1.85 bits per heavy atom. The lowest BCUT2D eigenvalue weighted by molar-refractivity contribution is -0.117. The molecule has 3 rings (SSSR count). The van der Waals surface area contributed by atoms with Crippen LogP contribution in [0.1, 0.15) is 42.1 Å². The fourth-order valence-corrected chi connectivity index (χ4v) is 3.23. The molecule has 27 heavy (non-hydrogen) atoms. The predicted molar refractivity (Wildman–Crippen MR) is 106 cm³/mol. The highest BCUT2D eigenvalue weighted by atomic mass is 16.5. The van der Waals surface area contributed by atoms with E-state index < -0.39 is 0 Å². The quantitative estimate of drug-likeness (QED) is 0.727. The summed E-state index contributed by atoms with van der Waals surface area (Å²) in [6, 6.07) is 15.3. The average Bonchev–Trinajstić information content (AvgIpc) is 3.12. The number of hydrogen-bond acceptors (Lipinski definition) is 3. The van der Waals surface area contributed by atoms with Crippen LogP contribution in [0.5, 0.6) is 5.75 Å². The second-order valence-electron chi connectivity index (χ2n) is 6.63. The molecular weight excluding hydrogens is 340 g/mol. The van der Waals surface area contributed by atoms with Crippen molar-refractivity contribution < 1.29 is 14.3 Å². The van der Waals surface area contributed by atoms with Crippen LogP contribution in [0.3, 0.4) is 0 Å². The van der Waals surface area contributed by atoms with Gasteiger partial charge in [-0.3, -0.25) is 9.59 Å². The summed E-state index contributed by atoms with van der Waals surface area (Å²) in [4.78, 5) is 25.8. The average molecular weight is 366 g/mol. The molecule has 2 aromatic carbocycles. The Kier molecular flexibility index (Phi) is 6.47. The van der Waals surface area contributed by atoms with Gasteiger partial charge in [-0.2, -0.15) is 0 Å². The van der Waals surface area contributed by atoms with Crippen molar-refractivity contribution in [1.29, 1.82) is 0 Å². The summed E-state index contributed by atoms with van der Waals surface area (Å²) in [5.41, 5.74) is 2.71. The van der Waals surface area contributed by atoms with Crippen LogP contribution in [-0.2, 0) is 11.2 Å². The zero-order valence-electron chi connectivity index (χ0n) is 15.7. The van der Waals surface area contributed by atoms with Crippen LogP contribution in [0.4, 0.5) is 5.69 Å². The lowest BCUT2D eigenvalue weighted by atomic mass is 10.1. The number of nitrogens with zero attached hydrogens (tertiary/aromatic N) is 1. The third-order valence-electron chi connectivity index (χ3n) is 4.68. The number of amides is 2. The predicted octanol–water partition coefficient (Wildman–Crippen LogP) is 3.57. The van der Waals surface area contributed by atoms with E-state index >= 15 is 0 Å². The molecule has 142 valence electrons. The second-order valence-corrected chi connectivity index (χ2v) is 6.63. The fraction of sp³-hybridized carbons (Fsp3) is 0.364. The van der Waals surface area contributed by atoms with E-state index in [2.05, 4.69) is 17.4 Å². The highest BCUT2D eigenvalue weighted by molar-refractivity contribution is 5.97. The van der Waals surface area contributed by atoms with Crippen molar-refractivity contribution in [3.05, 3.63) is 59.7 Å². The highest BCUT2D eigenvalue weighted by Gasteiger charge is 2.21. The first kappa shape index (κ1) is 19.0. The molecule has 1 heterocycles. The van der Waals surface area contributed by atoms with Gasteiger partial charge in [0.15, 0.2) is 0 Å². The topological polar surface area (TPSA) is 58.6 Å². The Hall–Kier alpha value is -2.82. The number of benzene rings is 2. The number of aryl methyl sites for hydroxylation is 1. The SMILES string of the molecule is CCOc1ccc(CCCNC(=O)c2ccc(N3CCCC3=O)cc2)cc1. The van der Waals surface area contributed by atoms with Gasteiger partial charge in [-0.25, -0.2) is 0 Å². The van der Waals surface area contributed by atoms with Gasteiger partial charge in [0.1, 0.15) is 5.75 Å². The molecule has 0 radical (unpaired) electrons. The Labute approximate surface area is 160 Å². The van der Waals surface area contributed by atoms with Crippen LogP contribution >= 0.6 is 0 Å². The molecule has 0 aliphatic carbocycles. The summed E-state index contributed by atoms with van der Waals surface area (Å²) >= 11 is 0. The van der Waals surface area contributed by atoms with E-state index in [9.17, 15) is 9.59 Å². The van der Waals surface area contributed by atoms with Crippen molar-refractivity contribution in [3.8, 4) is 5.75 Å². The van der Waals surface area contributed by atoms with Crippen molar-refractivity contribution >= 4 is 17.5 Å². The van der Waals surface area contributed by atoms with E-state index in [4.69, 9.17) is 4.74 Å². The maximum Gasteiger partial charge on any atom is 0.251 e. The van der Waals surface area contributed by atoms with Crippen LogP contribution < -0.4 is 15.0 Å². The summed E-state index contributed by atoms with van der Waals surface area (Å²) < 4.78 is 5.44. The molecule has 0 bridgehead atoms. The van der Waals surface area contributed by atoms with Crippen molar-refractivity contribution in [2.45, 2.75) is 32.6 Å². The first-order valence-electron chi connectivity index (χ1n) is 9.57. The standard InChI is InChI=1S/C22H26N2O3/c1-2-27-20-13-7-17(8-14-20)5-3-15-23-22(26)18-9-11-19(12-10-18)24-16-4-6-21(24)25/h7-14H,2-6,15-16H2,1H3,(H,23,26). The van der Waals surface area contributed by atoms with Crippen LogP contribution in [0.2, 0.25) is 0 Å².